The Kier molecular flexibility index (Phi) is 6.19. The normalized spacial score (nSPS) is 16.2. The van der Waals surface area contributed by atoms with Gasteiger partial charge in [-0.15, -0.1) is 0 Å². The van der Waals surface area contributed by atoms with Gasteiger partial charge in [-0.05, 0) is 36.4 Å². The highest BCUT2D eigenvalue weighted by atomic mass is 35.5. The lowest BCUT2D eigenvalue weighted by molar-refractivity contribution is 0.0668. The van der Waals surface area contributed by atoms with E-state index in [0.29, 0.717) is 11.6 Å². The molecule has 0 saturated carbocycles. The Morgan fingerprint density at radius 2 is 1.62 bits per heavy atom. The number of anilines is 1. The summed E-state index contributed by atoms with van der Waals surface area (Å²) in [4.78, 5) is 4.46. The van der Waals surface area contributed by atoms with Crippen molar-refractivity contribution in [3.63, 3.8) is 0 Å². The smallest absolute Gasteiger partial charge is 0.127 e. The van der Waals surface area contributed by atoms with Crippen LogP contribution >= 0.6 is 11.6 Å². The lowest BCUT2D eigenvalue weighted by Crippen LogP contribution is -2.49. The van der Waals surface area contributed by atoms with E-state index in [9.17, 15) is 9.50 Å². The van der Waals surface area contributed by atoms with Gasteiger partial charge in [-0.3, -0.25) is 4.90 Å². The van der Waals surface area contributed by atoms with Gasteiger partial charge in [-0.25, -0.2) is 4.39 Å². The summed E-state index contributed by atoms with van der Waals surface area (Å²) in [5, 5.41) is 13.0. The third-order valence-corrected chi connectivity index (χ3v) is 5.62. The van der Waals surface area contributed by atoms with E-state index in [4.69, 9.17) is 16.3 Å². The first-order chi connectivity index (χ1) is 14.1. The van der Waals surface area contributed by atoms with Gasteiger partial charge in [0.2, 0.25) is 0 Å². The largest absolute Gasteiger partial charge is 0.490 e. The van der Waals surface area contributed by atoms with Crippen LogP contribution in [0.25, 0.3) is 10.8 Å². The van der Waals surface area contributed by atoms with Gasteiger partial charge in [-0.2, -0.15) is 0 Å². The Hall–Kier alpha value is -2.34. The predicted octanol–water partition coefficient (Wildman–Crippen LogP) is 4.19. The van der Waals surface area contributed by atoms with Gasteiger partial charge < -0.3 is 14.7 Å². The number of hydrogen-bond donors (Lipinski definition) is 1. The van der Waals surface area contributed by atoms with Gasteiger partial charge in [-0.1, -0.05) is 35.9 Å². The van der Waals surface area contributed by atoms with Gasteiger partial charge in [0.15, 0.2) is 0 Å². The van der Waals surface area contributed by atoms with Crippen LogP contribution in [0.15, 0.2) is 60.7 Å². The second-order valence-electron chi connectivity index (χ2n) is 7.32. The third-order valence-electron chi connectivity index (χ3n) is 5.30. The fourth-order valence-electron chi connectivity index (χ4n) is 3.74. The summed E-state index contributed by atoms with van der Waals surface area (Å²) in [5.74, 6) is 0.508. The lowest BCUT2D eigenvalue weighted by atomic mass is 10.1. The number of rotatable bonds is 6. The fourth-order valence-corrected chi connectivity index (χ4v) is 3.97. The number of ether oxygens (including phenoxy) is 1. The average Bonchev–Trinajstić information content (AvgIpc) is 2.75. The molecule has 0 spiro atoms. The number of fused-ring (bicyclic) bond motifs is 1. The Morgan fingerprint density at radius 3 is 2.34 bits per heavy atom. The molecule has 6 heteroatoms. The van der Waals surface area contributed by atoms with E-state index in [1.54, 1.807) is 0 Å². The molecule has 1 N–H and O–H groups in total. The summed E-state index contributed by atoms with van der Waals surface area (Å²) in [6.07, 6.45) is -0.582. The van der Waals surface area contributed by atoms with Crippen molar-refractivity contribution in [2.45, 2.75) is 6.10 Å². The summed E-state index contributed by atoms with van der Waals surface area (Å²) in [6, 6.07) is 18.1. The molecular weight excluding hydrogens is 391 g/mol. The van der Waals surface area contributed by atoms with E-state index in [-0.39, 0.29) is 12.4 Å². The van der Waals surface area contributed by atoms with E-state index < -0.39 is 6.10 Å². The molecule has 1 aliphatic rings. The third kappa shape index (κ3) is 4.81. The Bertz CT molecular complexity index is 959. The zero-order valence-electron chi connectivity index (χ0n) is 16.1. The van der Waals surface area contributed by atoms with Crippen molar-refractivity contribution in [2.75, 3.05) is 44.2 Å². The summed E-state index contributed by atoms with van der Waals surface area (Å²) < 4.78 is 19.0. The van der Waals surface area contributed by atoms with Crippen LogP contribution in [0.5, 0.6) is 5.75 Å². The highest BCUT2D eigenvalue weighted by molar-refractivity contribution is 6.35. The first kappa shape index (κ1) is 20.0. The van der Waals surface area contributed by atoms with Crippen LogP contribution in [0, 0.1) is 5.82 Å². The standard InChI is InChI=1S/C23H24ClFN2O2/c24-22-9-10-23(21-4-2-1-3-20(21)22)29-16-19(28)15-26-11-13-27(14-12-26)18-7-5-17(25)6-8-18/h1-10,19,28H,11-16H2. The zero-order valence-corrected chi connectivity index (χ0v) is 16.9. The maximum atomic E-state index is 13.1. The number of hydrogen-bond acceptors (Lipinski definition) is 4. The predicted molar refractivity (Wildman–Crippen MR) is 116 cm³/mol. The monoisotopic (exact) mass is 414 g/mol. The number of β-amino-alcohol motifs (C(OH)–C–C–N with tert-alkyl or cyclic N) is 1. The molecule has 4 rings (SSSR count). The molecule has 3 aromatic carbocycles. The number of halogens is 2. The highest BCUT2D eigenvalue weighted by Gasteiger charge is 2.20. The molecule has 0 bridgehead atoms. The van der Waals surface area contributed by atoms with Gasteiger partial charge in [0, 0.05) is 54.2 Å². The molecule has 0 aliphatic carbocycles. The molecule has 1 unspecified atom stereocenters. The van der Waals surface area contributed by atoms with Crippen LogP contribution in [0.1, 0.15) is 0 Å². The van der Waals surface area contributed by atoms with Crippen LogP contribution in [0.4, 0.5) is 10.1 Å². The molecule has 0 amide bonds. The van der Waals surface area contributed by atoms with Crippen LogP contribution < -0.4 is 9.64 Å². The number of nitrogens with zero attached hydrogens (tertiary/aromatic N) is 2. The second-order valence-corrected chi connectivity index (χ2v) is 7.73. The van der Waals surface area contributed by atoms with Crippen molar-refractivity contribution in [3.8, 4) is 5.75 Å². The molecule has 1 aliphatic heterocycles. The SMILES string of the molecule is OC(COc1ccc(Cl)c2ccccc12)CN1CCN(c2ccc(F)cc2)CC1. The van der Waals surface area contributed by atoms with Crippen molar-refractivity contribution < 1.29 is 14.2 Å². The fraction of sp³-hybridized carbons (Fsp3) is 0.304. The van der Waals surface area contributed by atoms with Crippen molar-refractivity contribution >= 4 is 28.1 Å². The molecular formula is C23H24ClFN2O2. The first-order valence-electron chi connectivity index (χ1n) is 9.81. The van der Waals surface area contributed by atoms with Crippen LogP contribution in [-0.2, 0) is 0 Å². The molecule has 4 nitrogen and oxygen atoms in total. The van der Waals surface area contributed by atoms with E-state index in [1.807, 2.05) is 48.5 Å². The van der Waals surface area contributed by atoms with E-state index in [2.05, 4.69) is 9.80 Å². The van der Waals surface area contributed by atoms with Crippen LogP contribution in [-0.4, -0.2) is 55.4 Å². The van der Waals surface area contributed by atoms with Gasteiger partial charge in [0.1, 0.15) is 24.3 Å². The number of piperazine rings is 1. The quantitative estimate of drug-likeness (QED) is 0.656. The highest BCUT2D eigenvalue weighted by Crippen LogP contribution is 2.31. The van der Waals surface area contributed by atoms with E-state index in [0.717, 1.165) is 48.4 Å². The first-order valence-corrected chi connectivity index (χ1v) is 10.2. The molecule has 29 heavy (non-hydrogen) atoms. The van der Waals surface area contributed by atoms with E-state index >= 15 is 0 Å². The van der Waals surface area contributed by atoms with Crippen molar-refractivity contribution in [1.29, 1.82) is 0 Å². The maximum Gasteiger partial charge on any atom is 0.127 e. The Labute approximate surface area is 175 Å². The number of aliphatic hydroxyl groups is 1. The van der Waals surface area contributed by atoms with Crippen molar-refractivity contribution in [1.82, 2.24) is 4.90 Å². The molecule has 1 atom stereocenters. The van der Waals surface area contributed by atoms with Crippen molar-refractivity contribution in [3.05, 3.63) is 71.5 Å². The minimum atomic E-state index is -0.582. The topological polar surface area (TPSA) is 35.9 Å². The van der Waals surface area contributed by atoms with Crippen LogP contribution in [0.3, 0.4) is 0 Å². The minimum Gasteiger partial charge on any atom is -0.490 e. The molecule has 1 fully saturated rings. The summed E-state index contributed by atoms with van der Waals surface area (Å²) in [5.41, 5.74) is 1.03. The summed E-state index contributed by atoms with van der Waals surface area (Å²) in [6.45, 7) is 4.17. The lowest BCUT2D eigenvalue weighted by Gasteiger charge is -2.36. The molecule has 0 aromatic heterocycles. The minimum absolute atomic E-state index is 0.219. The molecule has 1 heterocycles. The Balaban J connectivity index is 1.28. The second kappa shape index (κ2) is 8.99. The van der Waals surface area contributed by atoms with Gasteiger partial charge in [0.25, 0.3) is 0 Å². The summed E-state index contributed by atoms with van der Waals surface area (Å²) >= 11 is 6.25. The number of benzene rings is 3. The average molecular weight is 415 g/mol. The molecule has 0 radical (unpaired) electrons. The zero-order chi connectivity index (χ0) is 20.2. The number of aliphatic hydroxyl groups excluding tert-OH is 1. The van der Waals surface area contributed by atoms with Gasteiger partial charge >= 0.3 is 0 Å². The maximum absolute atomic E-state index is 13.1. The van der Waals surface area contributed by atoms with Crippen molar-refractivity contribution in [2.24, 2.45) is 0 Å². The van der Waals surface area contributed by atoms with Crippen LogP contribution in [0.2, 0.25) is 5.02 Å². The summed E-state index contributed by atoms with van der Waals surface area (Å²) in [7, 11) is 0. The van der Waals surface area contributed by atoms with Gasteiger partial charge in [0.05, 0.1) is 0 Å². The molecule has 3 aromatic rings. The van der Waals surface area contributed by atoms with E-state index in [1.165, 1.54) is 12.1 Å². The molecule has 1 saturated heterocycles. The Morgan fingerprint density at radius 1 is 0.931 bits per heavy atom. The molecule has 152 valence electrons.